The molecule has 1 aromatic rings. The smallest absolute Gasteiger partial charge is 0.107 e. The van der Waals surface area contributed by atoms with E-state index in [1.54, 1.807) is 11.3 Å². The highest BCUT2D eigenvalue weighted by atomic mass is 32.1. The number of nitrogens with one attached hydrogen (secondary N) is 1. The molecule has 5 heteroatoms. The first-order valence-corrected chi connectivity index (χ1v) is 6.83. The fourth-order valence-electron chi connectivity index (χ4n) is 1.26. The Morgan fingerprint density at radius 1 is 1.35 bits per heavy atom. The highest BCUT2D eigenvalue weighted by Crippen LogP contribution is 2.10. The topological polar surface area (TPSA) is 43.4 Å². The second kappa shape index (κ2) is 8.58. The third kappa shape index (κ3) is 6.73. The lowest BCUT2D eigenvalue weighted by Crippen LogP contribution is -2.08. The first-order chi connectivity index (χ1) is 8.22. The molecule has 1 heterocycles. The summed E-state index contributed by atoms with van der Waals surface area (Å²) in [5.74, 6) is 0.581. The Bertz CT molecular complexity index is 302. The van der Waals surface area contributed by atoms with Crippen molar-refractivity contribution >= 4 is 11.3 Å². The second-order valence-corrected chi connectivity index (χ2v) is 5.23. The molecule has 1 rings (SSSR count). The summed E-state index contributed by atoms with van der Waals surface area (Å²) in [4.78, 5) is 4.44. The normalized spacial score (nSPS) is 11.3. The Hall–Kier alpha value is -0.490. The van der Waals surface area contributed by atoms with Gasteiger partial charge in [0.2, 0.25) is 0 Å². The summed E-state index contributed by atoms with van der Waals surface area (Å²) in [6.07, 6.45) is 0. The van der Waals surface area contributed by atoms with Crippen LogP contribution in [0.2, 0.25) is 0 Å². The van der Waals surface area contributed by atoms with Crippen LogP contribution in [0.3, 0.4) is 0 Å². The molecule has 4 nitrogen and oxygen atoms in total. The predicted octanol–water partition coefficient (Wildman–Crippen LogP) is 2.05. The van der Waals surface area contributed by atoms with Gasteiger partial charge in [-0.05, 0) is 13.0 Å². The maximum absolute atomic E-state index is 5.49. The highest BCUT2D eigenvalue weighted by Gasteiger charge is 2.01. The van der Waals surface area contributed by atoms with Crippen LogP contribution in [-0.4, -0.2) is 31.9 Å². The monoisotopic (exact) mass is 258 g/mol. The first-order valence-electron chi connectivity index (χ1n) is 5.95. The number of thiazole rings is 1. The van der Waals surface area contributed by atoms with E-state index in [1.807, 2.05) is 12.4 Å². The SMILES string of the molecule is CNCc1nc(COCCOCC(C)C)cs1. The molecule has 0 amide bonds. The van der Waals surface area contributed by atoms with Crippen LogP contribution in [0.1, 0.15) is 24.5 Å². The van der Waals surface area contributed by atoms with E-state index in [4.69, 9.17) is 9.47 Å². The van der Waals surface area contributed by atoms with Gasteiger partial charge in [-0.15, -0.1) is 11.3 Å². The van der Waals surface area contributed by atoms with E-state index in [2.05, 4.69) is 24.1 Å². The zero-order chi connectivity index (χ0) is 12.5. The van der Waals surface area contributed by atoms with E-state index < -0.39 is 0 Å². The van der Waals surface area contributed by atoms with Crippen molar-refractivity contribution in [1.29, 1.82) is 0 Å². The summed E-state index contributed by atoms with van der Waals surface area (Å²) in [6, 6.07) is 0. The molecule has 0 atom stereocenters. The molecule has 0 spiro atoms. The summed E-state index contributed by atoms with van der Waals surface area (Å²) in [6.45, 7) is 7.76. The minimum Gasteiger partial charge on any atom is -0.379 e. The summed E-state index contributed by atoms with van der Waals surface area (Å²) in [5, 5.41) is 6.22. The van der Waals surface area contributed by atoms with Crippen LogP contribution in [0.4, 0.5) is 0 Å². The third-order valence-electron chi connectivity index (χ3n) is 2.00. The Kier molecular flexibility index (Phi) is 7.35. The molecule has 0 saturated heterocycles. The molecular weight excluding hydrogens is 236 g/mol. The first kappa shape index (κ1) is 14.6. The van der Waals surface area contributed by atoms with E-state index >= 15 is 0 Å². The van der Waals surface area contributed by atoms with Crippen LogP contribution in [0.15, 0.2) is 5.38 Å². The number of hydrogen-bond acceptors (Lipinski definition) is 5. The molecular formula is C12H22N2O2S. The number of rotatable bonds is 9. The van der Waals surface area contributed by atoms with Gasteiger partial charge in [0.25, 0.3) is 0 Å². The van der Waals surface area contributed by atoms with Crippen LogP contribution in [-0.2, 0) is 22.6 Å². The molecule has 0 aromatic carbocycles. The minimum absolute atomic E-state index is 0.575. The lowest BCUT2D eigenvalue weighted by Gasteiger charge is -2.06. The zero-order valence-corrected chi connectivity index (χ0v) is 11.7. The number of aromatic nitrogens is 1. The lowest BCUT2D eigenvalue weighted by atomic mass is 10.2. The van der Waals surface area contributed by atoms with Crippen molar-refractivity contribution in [1.82, 2.24) is 10.3 Å². The van der Waals surface area contributed by atoms with E-state index in [1.165, 1.54) is 0 Å². The molecule has 0 unspecified atom stereocenters. The Morgan fingerprint density at radius 3 is 2.82 bits per heavy atom. The Labute approximate surface area is 107 Å². The van der Waals surface area contributed by atoms with E-state index in [0.29, 0.717) is 25.7 Å². The van der Waals surface area contributed by atoms with E-state index in [-0.39, 0.29) is 0 Å². The molecule has 0 bridgehead atoms. The van der Waals surface area contributed by atoms with Crippen molar-refractivity contribution in [3.63, 3.8) is 0 Å². The van der Waals surface area contributed by atoms with Crippen LogP contribution in [0, 0.1) is 5.92 Å². The largest absolute Gasteiger partial charge is 0.379 e. The molecule has 0 aliphatic carbocycles. The van der Waals surface area contributed by atoms with Gasteiger partial charge in [0.15, 0.2) is 0 Å². The fourth-order valence-corrected chi connectivity index (χ4v) is 2.05. The number of ether oxygens (including phenoxy) is 2. The van der Waals surface area contributed by atoms with E-state index in [9.17, 15) is 0 Å². The average Bonchev–Trinajstić information content (AvgIpc) is 2.71. The Balaban J connectivity index is 2.05. The van der Waals surface area contributed by atoms with Gasteiger partial charge in [-0.3, -0.25) is 0 Å². The van der Waals surface area contributed by atoms with Crippen molar-refractivity contribution < 1.29 is 9.47 Å². The number of nitrogens with zero attached hydrogens (tertiary/aromatic N) is 1. The van der Waals surface area contributed by atoms with Gasteiger partial charge in [-0.25, -0.2) is 4.98 Å². The van der Waals surface area contributed by atoms with Crippen molar-refractivity contribution in [2.75, 3.05) is 26.9 Å². The van der Waals surface area contributed by atoms with Gasteiger partial charge in [0.05, 0.1) is 25.5 Å². The Morgan fingerprint density at radius 2 is 2.12 bits per heavy atom. The standard InChI is InChI=1S/C12H22N2O2S/c1-10(2)7-15-4-5-16-8-11-9-17-12(14-11)6-13-3/h9-10,13H,4-8H2,1-3H3. The summed E-state index contributed by atoms with van der Waals surface area (Å²) in [5.41, 5.74) is 1.00. The number of hydrogen-bond donors (Lipinski definition) is 1. The second-order valence-electron chi connectivity index (χ2n) is 4.28. The summed E-state index contributed by atoms with van der Waals surface area (Å²) < 4.78 is 10.9. The van der Waals surface area contributed by atoms with Crippen molar-refractivity contribution in [2.45, 2.75) is 27.0 Å². The van der Waals surface area contributed by atoms with Gasteiger partial charge in [-0.1, -0.05) is 13.8 Å². The van der Waals surface area contributed by atoms with Gasteiger partial charge >= 0.3 is 0 Å². The molecule has 0 radical (unpaired) electrons. The summed E-state index contributed by atoms with van der Waals surface area (Å²) >= 11 is 1.66. The minimum atomic E-state index is 0.575. The van der Waals surface area contributed by atoms with E-state index in [0.717, 1.165) is 23.9 Å². The third-order valence-corrected chi connectivity index (χ3v) is 2.90. The van der Waals surface area contributed by atoms with Crippen molar-refractivity contribution in [2.24, 2.45) is 5.92 Å². The van der Waals surface area contributed by atoms with Gasteiger partial charge in [0, 0.05) is 18.5 Å². The van der Waals surface area contributed by atoms with Crippen LogP contribution >= 0.6 is 11.3 Å². The molecule has 0 aliphatic rings. The predicted molar refractivity (Wildman–Crippen MR) is 70.2 cm³/mol. The van der Waals surface area contributed by atoms with Gasteiger partial charge in [-0.2, -0.15) is 0 Å². The zero-order valence-electron chi connectivity index (χ0n) is 10.9. The average molecular weight is 258 g/mol. The van der Waals surface area contributed by atoms with Gasteiger partial charge < -0.3 is 14.8 Å². The van der Waals surface area contributed by atoms with Crippen LogP contribution in [0.25, 0.3) is 0 Å². The van der Waals surface area contributed by atoms with Crippen LogP contribution in [0.5, 0.6) is 0 Å². The highest BCUT2D eigenvalue weighted by molar-refractivity contribution is 7.09. The van der Waals surface area contributed by atoms with Crippen LogP contribution < -0.4 is 5.32 Å². The van der Waals surface area contributed by atoms with Crippen molar-refractivity contribution in [3.05, 3.63) is 16.1 Å². The molecule has 0 aliphatic heterocycles. The molecule has 98 valence electrons. The molecule has 1 N–H and O–H groups in total. The summed E-state index contributed by atoms with van der Waals surface area (Å²) in [7, 11) is 1.92. The molecule has 17 heavy (non-hydrogen) atoms. The van der Waals surface area contributed by atoms with Gasteiger partial charge in [0.1, 0.15) is 5.01 Å². The maximum Gasteiger partial charge on any atom is 0.107 e. The maximum atomic E-state index is 5.49. The molecule has 1 aromatic heterocycles. The lowest BCUT2D eigenvalue weighted by molar-refractivity contribution is 0.0306. The molecule has 0 fully saturated rings. The fraction of sp³-hybridized carbons (Fsp3) is 0.750. The molecule has 0 saturated carbocycles. The van der Waals surface area contributed by atoms with Crippen molar-refractivity contribution in [3.8, 4) is 0 Å². The quantitative estimate of drug-likeness (QED) is 0.689.